The van der Waals surface area contributed by atoms with Gasteiger partial charge in [-0.05, 0) is 6.42 Å². The van der Waals surface area contributed by atoms with Crippen LogP contribution >= 0.6 is 12.4 Å². The summed E-state index contributed by atoms with van der Waals surface area (Å²) in [6, 6.07) is -1.05. The van der Waals surface area contributed by atoms with E-state index >= 15 is 0 Å². The third-order valence-corrected chi connectivity index (χ3v) is 2.26. The maximum absolute atomic E-state index is 12.4. The van der Waals surface area contributed by atoms with E-state index in [1.54, 1.807) is 14.1 Å². The van der Waals surface area contributed by atoms with Crippen LogP contribution in [-0.4, -0.2) is 61.6 Å². The van der Waals surface area contributed by atoms with Crippen LogP contribution in [0.5, 0.6) is 0 Å². The molecule has 0 saturated heterocycles. The van der Waals surface area contributed by atoms with Crippen LogP contribution in [0, 0.1) is 0 Å². The van der Waals surface area contributed by atoms with Gasteiger partial charge in [-0.1, -0.05) is 0 Å². The summed E-state index contributed by atoms with van der Waals surface area (Å²) in [5, 5.41) is 8.49. The highest BCUT2D eigenvalue weighted by molar-refractivity contribution is 5.85. The molecular weight excluding hydrogens is 302 g/mol. The lowest BCUT2D eigenvalue weighted by atomic mass is 10.2. The van der Waals surface area contributed by atoms with Crippen molar-refractivity contribution in [2.75, 3.05) is 34.0 Å². The number of carboxylic acids is 1. The average molecular weight is 323 g/mol. The summed E-state index contributed by atoms with van der Waals surface area (Å²) in [4.78, 5) is 21.5. The molecule has 1 unspecified atom stereocenters. The molecule has 0 spiro atoms. The molecule has 3 N–H and O–H groups in total. The Balaban J connectivity index is -0.00000128. The minimum atomic E-state index is -1.15. The maximum Gasteiger partial charge on any atom is 0.320 e. The normalized spacial score (nSPS) is 11.8. The first-order valence-electron chi connectivity index (χ1n) is 5.30. The Hall–Kier alpha value is -0.630. The van der Waals surface area contributed by atoms with Crippen LogP contribution in [0.25, 0.3) is 0 Å². The number of halogens is 3. The van der Waals surface area contributed by atoms with E-state index in [-0.39, 0.29) is 48.7 Å². The van der Waals surface area contributed by atoms with E-state index in [9.17, 15) is 14.0 Å². The van der Waals surface area contributed by atoms with Crippen molar-refractivity contribution in [1.82, 2.24) is 0 Å². The SMILES string of the molecule is C[N+](C)(CF)CCOC(=O)CCC(N)C(=O)O.Cl.[Cl-]. The summed E-state index contributed by atoms with van der Waals surface area (Å²) in [6.07, 6.45) is -0.00789. The molecule has 0 aromatic rings. The molecular formula is C10H21Cl2FN2O4. The van der Waals surface area contributed by atoms with Crippen molar-refractivity contribution in [3.05, 3.63) is 0 Å². The van der Waals surface area contributed by atoms with Crippen molar-refractivity contribution in [2.45, 2.75) is 18.9 Å². The lowest BCUT2D eigenvalue weighted by Crippen LogP contribution is -3.00. The van der Waals surface area contributed by atoms with Gasteiger partial charge in [0.05, 0.1) is 14.1 Å². The Morgan fingerprint density at radius 1 is 1.42 bits per heavy atom. The van der Waals surface area contributed by atoms with Gasteiger partial charge in [-0.2, -0.15) is 4.39 Å². The summed E-state index contributed by atoms with van der Waals surface area (Å²) >= 11 is 0. The number of carbonyl (C=O) groups excluding carboxylic acids is 1. The number of likely N-dealkylation sites (N-methyl/N-ethyl adjacent to an activating group) is 1. The number of carboxylic acid groups (broad SMARTS) is 1. The minimum absolute atomic E-state index is 0. The predicted molar refractivity (Wildman–Crippen MR) is 66.0 cm³/mol. The summed E-state index contributed by atoms with van der Waals surface area (Å²) < 4.78 is 17.3. The van der Waals surface area contributed by atoms with E-state index < -0.39 is 24.8 Å². The van der Waals surface area contributed by atoms with Crippen molar-refractivity contribution < 1.29 is 40.7 Å². The van der Waals surface area contributed by atoms with Gasteiger partial charge in [-0.3, -0.25) is 14.1 Å². The highest BCUT2D eigenvalue weighted by atomic mass is 35.5. The Bertz CT molecular complexity index is 280. The van der Waals surface area contributed by atoms with Gasteiger partial charge >= 0.3 is 11.9 Å². The van der Waals surface area contributed by atoms with Gasteiger partial charge in [0, 0.05) is 6.42 Å². The molecule has 0 aromatic heterocycles. The largest absolute Gasteiger partial charge is 1.00 e. The molecule has 0 heterocycles. The van der Waals surface area contributed by atoms with E-state index in [0.717, 1.165) is 0 Å². The number of quaternary nitrogens is 1. The Kier molecular flexibility index (Phi) is 13.9. The number of nitrogens with zero attached hydrogens (tertiary/aromatic N) is 1. The second kappa shape index (κ2) is 11.2. The molecule has 9 heteroatoms. The highest BCUT2D eigenvalue weighted by Crippen LogP contribution is 2.00. The molecule has 0 aromatic carbocycles. The zero-order valence-electron chi connectivity index (χ0n) is 11.0. The highest BCUT2D eigenvalue weighted by Gasteiger charge is 2.17. The number of carbonyl (C=O) groups is 2. The number of nitrogens with two attached hydrogens (primary N) is 1. The van der Waals surface area contributed by atoms with Gasteiger partial charge in [0.1, 0.15) is 19.2 Å². The van der Waals surface area contributed by atoms with E-state index in [1.165, 1.54) is 0 Å². The zero-order valence-corrected chi connectivity index (χ0v) is 12.5. The van der Waals surface area contributed by atoms with E-state index in [1.807, 2.05) is 0 Å². The molecule has 0 aliphatic heterocycles. The fourth-order valence-corrected chi connectivity index (χ4v) is 0.935. The van der Waals surface area contributed by atoms with Crippen LogP contribution in [0.3, 0.4) is 0 Å². The molecule has 0 radical (unpaired) electrons. The molecule has 0 amide bonds. The number of hydrogen-bond acceptors (Lipinski definition) is 4. The molecule has 0 rings (SSSR count). The van der Waals surface area contributed by atoms with Gasteiger partial charge in [0.15, 0.2) is 0 Å². The minimum Gasteiger partial charge on any atom is -1.00 e. The van der Waals surface area contributed by atoms with Gasteiger partial charge in [0.25, 0.3) is 0 Å². The standard InChI is InChI=1S/C10H19FN2O4.2ClH/c1-13(2,7-11)5-6-17-9(14)4-3-8(12)10(15)16;;/h8H,3-7,12H2,1-2H3;2*1H. The first kappa shape index (κ1) is 23.5. The van der Waals surface area contributed by atoms with Gasteiger partial charge in [-0.15, -0.1) is 12.4 Å². The van der Waals surface area contributed by atoms with Crippen LogP contribution in [0.2, 0.25) is 0 Å². The average Bonchev–Trinajstić information content (AvgIpc) is 2.25. The topological polar surface area (TPSA) is 89.6 Å². The van der Waals surface area contributed by atoms with E-state index in [4.69, 9.17) is 15.6 Å². The molecule has 0 aliphatic rings. The number of ether oxygens (including phenoxy) is 1. The molecule has 0 saturated carbocycles. The monoisotopic (exact) mass is 322 g/mol. The van der Waals surface area contributed by atoms with Crippen LogP contribution < -0.4 is 18.1 Å². The molecule has 0 aliphatic carbocycles. The number of esters is 1. The van der Waals surface area contributed by atoms with Gasteiger partial charge in [0.2, 0.25) is 6.80 Å². The van der Waals surface area contributed by atoms with Crippen LogP contribution in [-0.2, 0) is 14.3 Å². The quantitative estimate of drug-likeness (QED) is 0.285. The second-order valence-electron chi connectivity index (χ2n) is 4.48. The molecule has 6 nitrogen and oxygen atoms in total. The van der Waals surface area contributed by atoms with Crippen molar-refractivity contribution in [2.24, 2.45) is 5.73 Å². The third-order valence-electron chi connectivity index (χ3n) is 2.26. The van der Waals surface area contributed by atoms with Crippen molar-refractivity contribution in [3.63, 3.8) is 0 Å². The first-order valence-corrected chi connectivity index (χ1v) is 5.30. The fraction of sp³-hybridized carbons (Fsp3) is 0.800. The fourth-order valence-electron chi connectivity index (χ4n) is 0.935. The maximum atomic E-state index is 12.4. The molecule has 1 atom stereocenters. The van der Waals surface area contributed by atoms with Crippen molar-refractivity contribution >= 4 is 24.3 Å². The molecule has 19 heavy (non-hydrogen) atoms. The molecule has 0 fully saturated rings. The van der Waals surface area contributed by atoms with Crippen molar-refractivity contribution in [3.8, 4) is 0 Å². The summed E-state index contributed by atoms with van der Waals surface area (Å²) in [7, 11) is 3.35. The number of aliphatic carboxylic acids is 1. The van der Waals surface area contributed by atoms with E-state index in [2.05, 4.69) is 0 Å². The zero-order chi connectivity index (χ0) is 13.5. The Labute approximate surface area is 124 Å². The third kappa shape index (κ3) is 12.2. The summed E-state index contributed by atoms with van der Waals surface area (Å²) in [6.45, 7) is -0.0628. The Morgan fingerprint density at radius 3 is 2.37 bits per heavy atom. The predicted octanol–water partition coefficient (Wildman–Crippen LogP) is -2.85. The second-order valence-corrected chi connectivity index (χ2v) is 4.48. The number of rotatable bonds is 8. The lowest BCUT2D eigenvalue weighted by Gasteiger charge is -2.25. The van der Waals surface area contributed by atoms with Crippen LogP contribution in [0.1, 0.15) is 12.8 Å². The smallest absolute Gasteiger partial charge is 0.320 e. The van der Waals surface area contributed by atoms with Crippen LogP contribution in [0.15, 0.2) is 0 Å². The number of hydrogen-bond donors (Lipinski definition) is 2. The summed E-state index contributed by atoms with van der Waals surface area (Å²) in [5.41, 5.74) is 5.22. The first-order chi connectivity index (χ1) is 7.78. The van der Waals surface area contributed by atoms with Crippen molar-refractivity contribution in [1.29, 1.82) is 0 Å². The Morgan fingerprint density at radius 2 is 1.95 bits per heavy atom. The lowest BCUT2D eigenvalue weighted by molar-refractivity contribution is -0.902. The van der Waals surface area contributed by atoms with Gasteiger partial charge < -0.3 is 28.0 Å². The molecule has 0 bridgehead atoms. The molecule has 116 valence electrons. The summed E-state index contributed by atoms with van der Waals surface area (Å²) in [5.74, 6) is -1.66. The van der Waals surface area contributed by atoms with Crippen LogP contribution in [0.4, 0.5) is 4.39 Å². The number of alkyl halides is 1. The van der Waals surface area contributed by atoms with Gasteiger partial charge in [-0.25, -0.2) is 0 Å². The van der Waals surface area contributed by atoms with E-state index in [0.29, 0.717) is 6.54 Å².